The molecule has 9 heteroatoms. The number of hydrogen-bond acceptors (Lipinski definition) is 4. The first-order valence-corrected chi connectivity index (χ1v) is 4.08. The van der Waals surface area contributed by atoms with Crippen molar-refractivity contribution in [1.82, 2.24) is 4.98 Å². The Labute approximate surface area is 91.6 Å². The Morgan fingerprint density at radius 3 is 2.56 bits per heavy atom. The minimum atomic E-state index is -3.26. The average molecular weight is 253 g/mol. The van der Waals surface area contributed by atoms with Gasteiger partial charge in [0, 0.05) is 0 Å². The number of pyridine rings is 1. The average Bonchev–Trinajstić information content (AvgIpc) is 2.15. The molecule has 0 unspecified atom stereocenters. The maximum absolute atomic E-state index is 12.5. The molecule has 0 fully saturated rings. The lowest BCUT2D eigenvalue weighted by molar-refractivity contribution is -0.385. The second-order valence-corrected chi connectivity index (χ2v) is 2.94. The van der Waals surface area contributed by atoms with Crippen LogP contribution in [0.15, 0.2) is 6.20 Å². The number of carbonyl (C=O) groups is 1. The monoisotopic (exact) mass is 252 g/mol. The zero-order chi connectivity index (χ0) is 12.5. The van der Waals surface area contributed by atoms with Crippen LogP contribution in [0.5, 0.6) is 0 Å². The number of nitro groups is 1. The Kier molecular flexibility index (Phi) is 3.33. The molecule has 1 rings (SSSR count). The van der Waals surface area contributed by atoms with E-state index >= 15 is 0 Å². The Morgan fingerprint density at radius 2 is 2.19 bits per heavy atom. The van der Waals surface area contributed by atoms with Gasteiger partial charge < -0.3 is 5.11 Å². The van der Waals surface area contributed by atoms with Gasteiger partial charge in [-0.2, -0.15) is 0 Å². The fourth-order valence-corrected chi connectivity index (χ4v) is 1.28. The van der Waals surface area contributed by atoms with Crippen molar-refractivity contribution in [1.29, 1.82) is 0 Å². The minimum Gasteiger partial charge on any atom is -0.477 e. The third-order valence-electron chi connectivity index (χ3n) is 1.68. The normalized spacial score (nSPS) is 10.5. The summed E-state index contributed by atoms with van der Waals surface area (Å²) in [4.78, 5) is 23.1. The summed E-state index contributed by atoms with van der Waals surface area (Å²) in [5, 5.41) is 18.3. The van der Waals surface area contributed by atoms with Gasteiger partial charge in [-0.05, 0) is 0 Å². The molecule has 16 heavy (non-hydrogen) atoms. The van der Waals surface area contributed by atoms with Gasteiger partial charge in [-0.3, -0.25) is 10.1 Å². The number of halogens is 3. The molecule has 6 nitrogen and oxygen atoms in total. The Morgan fingerprint density at radius 1 is 1.62 bits per heavy atom. The van der Waals surface area contributed by atoms with E-state index in [9.17, 15) is 23.7 Å². The molecule has 0 bridgehead atoms. The van der Waals surface area contributed by atoms with Gasteiger partial charge in [-0.15, -0.1) is 0 Å². The third kappa shape index (κ3) is 2.06. The summed E-state index contributed by atoms with van der Waals surface area (Å²) in [5.74, 6) is -1.86. The van der Waals surface area contributed by atoms with Gasteiger partial charge in [0.05, 0.1) is 10.5 Å². The first kappa shape index (κ1) is 12.2. The number of alkyl halides is 2. The highest BCUT2D eigenvalue weighted by Gasteiger charge is 2.31. The number of aromatic carboxylic acids is 1. The van der Waals surface area contributed by atoms with E-state index < -0.39 is 39.3 Å². The predicted octanol–water partition coefficient (Wildman–Crippen LogP) is 2.28. The third-order valence-corrected chi connectivity index (χ3v) is 1.98. The molecule has 0 radical (unpaired) electrons. The number of hydrogen-bond donors (Lipinski definition) is 1. The summed E-state index contributed by atoms with van der Waals surface area (Å²) < 4.78 is 25.0. The molecule has 86 valence electrons. The molecule has 0 amide bonds. The van der Waals surface area contributed by atoms with Gasteiger partial charge in [0.1, 0.15) is 11.3 Å². The van der Waals surface area contributed by atoms with Crippen LogP contribution in [0.3, 0.4) is 0 Å². The van der Waals surface area contributed by atoms with Crippen LogP contribution in [0.2, 0.25) is 5.15 Å². The highest BCUT2D eigenvalue weighted by molar-refractivity contribution is 6.30. The first-order chi connectivity index (χ1) is 7.36. The molecule has 0 saturated heterocycles. The number of carboxylic acids is 1. The number of nitrogens with zero attached hydrogens (tertiary/aromatic N) is 2. The van der Waals surface area contributed by atoms with Crippen molar-refractivity contribution in [2.75, 3.05) is 0 Å². The van der Waals surface area contributed by atoms with Gasteiger partial charge in [-0.1, -0.05) is 11.6 Å². The Balaban J connectivity index is 3.63. The largest absolute Gasteiger partial charge is 0.477 e. The van der Waals surface area contributed by atoms with Crippen molar-refractivity contribution >= 4 is 23.3 Å². The van der Waals surface area contributed by atoms with E-state index in [1.807, 2.05) is 0 Å². The highest BCUT2D eigenvalue weighted by Crippen LogP contribution is 2.33. The SMILES string of the molecule is O=C(O)c1c([N+](=O)[O-])cnc(Cl)c1C(F)F. The summed E-state index contributed by atoms with van der Waals surface area (Å²) in [7, 11) is 0. The molecule has 0 aliphatic rings. The lowest BCUT2D eigenvalue weighted by atomic mass is 10.1. The zero-order valence-electron chi connectivity index (χ0n) is 7.35. The van der Waals surface area contributed by atoms with Crippen molar-refractivity contribution in [2.45, 2.75) is 6.43 Å². The minimum absolute atomic E-state index is 0.525. The number of rotatable bonds is 3. The quantitative estimate of drug-likeness (QED) is 0.506. The van der Waals surface area contributed by atoms with E-state index in [1.54, 1.807) is 0 Å². The summed E-state index contributed by atoms with van der Waals surface area (Å²) in [5.41, 5.74) is -3.31. The van der Waals surface area contributed by atoms with Crippen LogP contribution in [-0.4, -0.2) is 21.0 Å². The summed E-state index contributed by atoms with van der Waals surface area (Å²) in [6.07, 6.45) is -2.73. The number of carboxylic acid groups (broad SMARTS) is 1. The molecule has 0 aliphatic carbocycles. The van der Waals surface area contributed by atoms with Crippen LogP contribution in [0.1, 0.15) is 22.3 Å². The zero-order valence-corrected chi connectivity index (χ0v) is 8.11. The van der Waals surface area contributed by atoms with E-state index in [4.69, 9.17) is 16.7 Å². The molecule has 0 aliphatic heterocycles. The first-order valence-electron chi connectivity index (χ1n) is 3.70. The molecule has 0 aromatic carbocycles. The molecular formula is C7H3ClF2N2O4. The van der Waals surface area contributed by atoms with Crippen LogP contribution in [-0.2, 0) is 0 Å². The predicted molar refractivity (Wildman–Crippen MR) is 47.8 cm³/mol. The van der Waals surface area contributed by atoms with E-state index in [-0.39, 0.29) is 0 Å². The fraction of sp³-hybridized carbons (Fsp3) is 0.143. The molecule has 1 N–H and O–H groups in total. The van der Waals surface area contributed by atoms with Gasteiger partial charge in [0.25, 0.3) is 6.43 Å². The summed E-state index contributed by atoms with van der Waals surface area (Å²) in [6, 6.07) is 0. The summed E-state index contributed by atoms with van der Waals surface area (Å²) >= 11 is 5.27. The van der Waals surface area contributed by atoms with Crippen molar-refractivity contribution in [2.24, 2.45) is 0 Å². The van der Waals surface area contributed by atoms with Gasteiger partial charge in [-0.25, -0.2) is 18.6 Å². The van der Waals surface area contributed by atoms with Crippen LogP contribution in [0.25, 0.3) is 0 Å². The Hall–Kier alpha value is -1.83. The second kappa shape index (κ2) is 4.35. The molecule has 0 spiro atoms. The lowest BCUT2D eigenvalue weighted by Crippen LogP contribution is -2.09. The second-order valence-electron chi connectivity index (χ2n) is 2.59. The standard InChI is InChI=1S/C7H3ClF2N2O4/c8-5-4(6(9)10)3(7(13)14)2(1-11-5)12(15)16/h1,6H,(H,13,14). The van der Waals surface area contributed by atoms with E-state index in [1.165, 1.54) is 0 Å². The summed E-state index contributed by atoms with van der Waals surface area (Å²) in [6.45, 7) is 0. The van der Waals surface area contributed by atoms with Crippen LogP contribution >= 0.6 is 11.6 Å². The van der Waals surface area contributed by atoms with E-state index in [0.717, 1.165) is 0 Å². The van der Waals surface area contributed by atoms with E-state index in [0.29, 0.717) is 6.20 Å². The molecule has 0 atom stereocenters. The molecule has 1 aromatic heterocycles. The van der Waals surface area contributed by atoms with Crippen molar-refractivity contribution in [3.63, 3.8) is 0 Å². The lowest BCUT2D eigenvalue weighted by Gasteiger charge is -2.06. The molecule has 1 heterocycles. The fourth-order valence-electron chi connectivity index (χ4n) is 1.06. The van der Waals surface area contributed by atoms with Gasteiger partial charge in [0.15, 0.2) is 5.56 Å². The number of aromatic nitrogens is 1. The molecular weight excluding hydrogens is 250 g/mol. The smallest absolute Gasteiger partial charge is 0.343 e. The molecule has 1 aromatic rings. The van der Waals surface area contributed by atoms with Crippen molar-refractivity contribution in [3.8, 4) is 0 Å². The van der Waals surface area contributed by atoms with Gasteiger partial charge in [0.2, 0.25) is 0 Å². The van der Waals surface area contributed by atoms with Crippen LogP contribution in [0, 0.1) is 10.1 Å². The van der Waals surface area contributed by atoms with Crippen LogP contribution < -0.4 is 0 Å². The highest BCUT2D eigenvalue weighted by atomic mass is 35.5. The Bertz CT molecular complexity index is 466. The molecule has 0 saturated carbocycles. The van der Waals surface area contributed by atoms with E-state index in [2.05, 4.69) is 4.98 Å². The van der Waals surface area contributed by atoms with Crippen molar-refractivity contribution < 1.29 is 23.6 Å². The maximum Gasteiger partial charge on any atom is 0.343 e. The van der Waals surface area contributed by atoms with Crippen molar-refractivity contribution in [3.05, 3.63) is 32.6 Å². The topological polar surface area (TPSA) is 93.3 Å². The maximum atomic E-state index is 12.5. The van der Waals surface area contributed by atoms with Crippen LogP contribution in [0.4, 0.5) is 14.5 Å². The van der Waals surface area contributed by atoms with Gasteiger partial charge >= 0.3 is 11.7 Å².